The van der Waals surface area contributed by atoms with Gasteiger partial charge < -0.3 is 15.8 Å². The fourth-order valence-corrected chi connectivity index (χ4v) is 1.75. The molecule has 1 heterocycles. The highest BCUT2D eigenvalue weighted by Gasteiger charge is 2.08. The molecule has 0 bridgehead atoms. The van der Waals surface area contributed by atoms with Crippen LogP contribution in [0.3, 0.4) is 0 Å². The summed E-state index contributed by atoms with van der Waals surface area (Å²) < 4.78 is 19.3. The monoisotopic (exact) mass is 311 g/mol. The number of nitrogen functional groups attached to an aromatic ring is 1. The van der Waals surface area contributed by atoms with Crippen LogP contribution in [0.1, 0.15) is 0 Å². The standard InChI is InChI=1S/C12H11BrFN3O/c1-18-11-5-4-9(15)12(17-11)16-10-6-7(13)2-3-8(10)14/h2-6H,15H2,1H3,(H,16,17). The third-order valence-corrected chi connectivity index (χ3v) is 2.78. The van der Waals surface area contributed by atoms with Gasteiger partial charge in [-0.25, -0.2) is 4.39 Å². The van der Waals surface area contributed by atoms with Gasteiger partial charge in [-0.15, -0.1) is 0 Å². The van der Waals surface area contributed by atoms with Crippen molar-refractivity contribution in [2.75, 3.05) is 18.2 Å². The molecule has 0 atom stereocenters. The van der Waals surface area contributed by atoms with Crippen molar-refractivity contribution >= 4 is 33.1 Å². The van der Waals surface area contributed by atoms with Gasteiger partial charge in [0, 0.05) is 10.5 Å². The summed E-state index contributed by atoms with van der Waals surface area (Å²) in [5.74, 6) is 0.371. The van der Waals surface area contributed by atoms with Gasteiger partial charge in [0.15, 0.2) is 5.82 Å². The van der Waals surface area contributed by atoms with Gasteiger partial charge in [-0.3, -0.25) is 0 Å². The molecule has 4 nitrogen and oxygen atoms in total. The Labute approximate surface area is 112 Å². The zero-order valence-electron chi connectivity index (χ0n) is 9.58. The maximum Gasteiger partial charge on any atom is 0.215 e. The van der Waals surface area contributed by atoms with Crippen LogP contribution in [0.2, 0.25) is 0 Å². The van der Waals surface area contributed by atoms with Gasteiger partial charge in [-0.05, 0) is 24.3 Å². The van der Waals surface area contributed by atoms with E-state index in [0.29, 0.717) is 17.4 Å². The minimum absolute atomic E-state index is 0.289. The number of rotatable bonds is 3. The highest BCUT2D eigenvalue weighted by Crippen LogP contribution is 2.27. The van der Waals surface area contributed by atoms with E-state index in [2.05, 4.69) is 26.2 Å². The number of pyridine rings is 1. The molecular formula is C12H11BrFN3O. The van der Waals surface area contributed by atoms with E-state index in [1.54, 1.807) is 24.3 Å². The molecule has 0 radical (unpaired) electrons. The molecule has 1 aromatic carbocycles. The number of aromatic nitrogens is 1. The number of ether oxygens (including phenoxy) is 1. The van der Waals surface area contributed by atoms with Crippen molar-refractivity contribution in [2.24, 2.45) is 0 Å². The highest BCUT2D eigenvalue weighted by molar-refractivity contribution is 9.10. The third-order valence-electron chi connectivity index (χ3n) is 2.29. The number of hydrogen-bond donors (Lipinski definition) is 2. The number of nitrogens with two attached hydrogens (primary N) is 1. The Balaban J connectivity index is 2.36. The Morgan fingerprint density at radius 1 is 1.33 bits per heavy atom. The topological polar surface area (TPSA) is 60.2 Å². The molecule has 6 heteroatoms. The van der Waals surface area contributed by atoms with Crippen molar-refractivity contribution in [1.29, 1.82) is 0 Å². The van der Waals surface area contributed by atoms with Crippen LogP contribution >= 0.6 is 15.9 Å². The molecule has 0 aliphatic carbocycles. The van der Waals surface area contributed by atoms with Gasteiger partial charge in [0.05, 0.1) is 18.5 Å². The lowest BCUT2D eigenvalue weighted by Gasteiger charge is -2.10. The van der Waals surface area contributed by atoms with E-state index in [1.807, 2.05) is 0 Å². The van der Waals surface area contributed by atoms with Crippen LogP contribution in [-0.2, 0) is 0 Å². The summed E-state index contributed by atoms with van der Waals surface area (Å²) >= 11 is 3.27. The number of methoxy groups -OCH3 is 1. The van der Waals surface area contributed by atoms with E-state index in [0.717, 1.165) is 4.47 Å². The summed E-state index contributed by atoms with van der Waals surface area (Å²) in [5.41, 5.74) is 6.47. The predicted octanol–water partition coefficient (Wildman–Crippen LogP) is 3.32. The number of hydrogen-bond acceptors (Lipinski definition) is 4. The second kappa shape index (κ2) is 5.22. The number of nitrogens with one attached hydrogen (secondary N) is 1. The van der Waals surface area contributed by atoms with E-state index >= 15 is 0 Å². The van der Waals surface area contributed by atoms with Gasteiger partial charge in [0.25, 0.3) is 0 Å². The Morgan fingerprint density at radius 3 is 2.83 bits per heavy atom. The average Bonchev–Trinajstić information content (AvgIpc) is 2.36. The first-order chi connectivity index (χ1) is 8.60. The quantitative estimate of drug-likeness (QED) is 0.913. The summed E-state index contributed by atoms with van der Waals surface area (Å²) in [6.45, 7) is 0. The van der Waals surface area contributed by atoms with E-state index in [1.165, 1.54) is 13.2 Å². The van der Waals surface area contributed by atoms with Gasteiger partial charge in [0.1, 0.15) is 5.82 Å². The fourth-order valence-electron chi connectivity index (χ4n) is 1.39. The SMILES string of the molecule is COc1ccc(N)c(Nc2cc(Br)ccc2F)n1. The van der Waals surface area contributed by atoms with Gasteiger partial charge in [-0.2, -0.15) is 4.98 Å². The summed E-state index contributed by atoms with van der Waals surface area (Å²) in [4.78, 5) is 4.12. The summed E-state index contributed by atoms with van der Waals surface area (Å²) in [7, 11) is 1.50. The fraction of sp³-hybridized carbons (Fsp3) is 0.0833. The largest absolute Gasteiger partial charge is 0.481 e. The van der Waals surface area contributed by atoms with Crippen LogP contribution in [0.15, 0.2) is 34.8 Å². The van der Waals surface area contributed by atoms with Crippen molar-refractivity contribution in [3.05, 3.63) is 40.6 Å². The van der Waals surface area contributed by atoms with Crippen molar-refractivity contribution in [2.45, 2.75) is 0 Å². The predicted molar refractivity (Wildman–Crippen MR) is 72.6 cm³/mol. The minimum atomic E-state index is -0.387. The van der Waals surface area contributed by atoms with E-state index in [-0.39, 0.29) is 11.5 Å². The summed E-state index contributed by atoms with van der Waals surface area (Å²) in [6.07, 6.45) is 0. The second-order valence-corrected chi connectivity index (χ2v) is 4.46. The van der Waals surface area contributed by atoms with E-state index < -0.39 is 0 Å². The lowest BCUT2D eigenvalue weighted by atomic mass is 10.3. The lowest BCUT2D eigenvalue weighted by Crippen LogP contribution is -2.02. The van der Waals surface area contributed by atoms with E-state index in [9.17, 15) is 4.39 Å². The molecule has 94 valence electrons. The molecule has 3 N–H and O–H groups in total. The molecule has 0 unspecified atom stereocenters. The molecule has 0 aliphatic rings. The first-order valence-corrected chi connectivity index (χ1v) is 5.92. The normalized spacial score (nSPS) is 10.2. The zero-order valence-corrected chi connectivity index (χ0v) is 11.2. The number of benzene rings is 1. The minimum Gasteiger partial charge on any atom is -0.481 e. The second-order valence-electron chi connectivity index (χ2n) is 3.54. The molecule has 2 aromatic rings. The highest BCUT2D eigenvalue weighted by atomic mass is 79.9. The number of anilines is 3. The van der Waals surface area contributed by atoms with Crippen molar-refractivity contribution < 1.29 is 9.13 Å². The molecule has 1 aromatic heterocycles. The van der Waals surface area contributed by atoms with Gasteiger partial charge in [0.2, 0.25) is 5.88 Å². The van der Waals surface area contributed by atoms with Crippen LogP contribution in [-0.4, -0.2) is 12.1 Å². The van der Waals surface area contributed by atoms with Crippen molar-refractivity contribution in [1.82, 2.24) is 4.98 Å². The lowest BCUT2D eigenvalue weighted by molar-refractivity contribution is 0.398. The summed E-state index contributed by atoms with van der Waals surface area (Å²) in [6, 6.07) is 7.85. The Hall–Kier alpha value is -1.82. The van der Waals surface area contributed by atoms with Crippen LogP contribution in [0, 0.1) is 5.82 Å². The molecular weight excluding hydrogens is 301 g/mol. The molecule has 0 fully saturated rings. The Morgan fingerprint density at radius 2 is 2.11 bits per heavy atom. The zero-order chi connectivity index (χ0) is 13.1. The van der Waals surface area contributed by atoms with E-state index in [4.69, 9.17) is 10.5 Å². The van der Waals surface area contributed by atoms with Crippen LogP contribution in [0.5, 0.6) is 5.88 Å². The molecule has 0 spiro atoms. The number of halogens is 2. The van der Waals surface area contributed by atoms with Gasteiger partial charge in [-0.1, -0.05) is 15.9 Å². The molecule has 2 rings (SSSR count). The first-order valence-electron chi connectivity index (χ1n) is 5.12. The van der Waals surface area contributed by atoms with Crippen LogP contribution in [0.25, 0.3) is 0 Å². The Bertz CT molecular complexity index is 577. The van der Waals surface area contributed by atoms with Crippen molar-refractivity contribution in [3.8, 4) is 5.88 Å². The third kappa shape index (κ3) is 2.70. The van der Waals surface area contributed by atoms with Crippen LogP contribution < -0.4 is 15.8 Å². The smallest absolute Gasteiger partial charge is 0.215 e. The number of nitrogens with zero attached hydrogens (tertiary/aromatic N) is 1. The first kappa shape index (κ1) is 12.6. The molecule has 0 aliphatic heterocycles. The average molecular weight is 312 g/mol. The van der Waals surface area contributed by atoms with Crippen LogP contribution in [0.4, 0.5) is 21.6 Å². The Kier molecular flexibility index (Phi) is 3.66. The van der Waals surface area contributed by atoms with Crippen molar-refractivity contribution in [3.63, 3.8) is 0 Å². The molecule has 18 heavy (non-hydrogen) atoms. The van der Waals surface area contributed by atoms with Gasteiger partial charge >= 0.3 is 0 Å². The molecule has 0 amide bonds. The maximum absolute atomic E-state index is 13.6. The maximum atomic E-state index is 13.6. The molecule has 0 saturated heterocycles. The molecule has 0 saturated carbocycles. The summed E-state index contributed by atoms with van der Waals surface area (Å²) in [5, 5.41) is 2.83.